The van der Waals surface area contributed by atoms with Gasteiger partial charge in [0.1, 0.15) is 6.04 Å². The number of rotatable bonds is 8. The topological polar surface area (TPSA) is 129 Å². The maximum atomic E-state index is 13.0. The van der Waals surface area contributed by atoms with Crippen LogP contribution in [-0.4, -0.2) is 66.3 Å². The molecular weight excluding hydrogens is 400 g/mol. The first-order valence-corrected chi connectivity index (χ1v) is 10.3. The SMILES string of the molecule is CCOC(=O)CNC1CCN(C(=O)C(C)NC(=O)c2ccc(C#N)cc2)[C@H](C(C)=O)C1. The van der Waals surface area contributed by atoms with Gasteiger partial charge >= 0.3 is 5.97 Å². The number of carbonyl (C=O) groups excluding carboxylic acids is 4. The number of carbonyl (C=O) groups is 4. The van der Waals surface area contributed by atoms with Crippen molar-refractivity contribution in [1.29, 1.82) is 5.26 Å². The third-order valence-corrected chi connectivity index (χ3v) is 5.19. The van der Waals surface area contributed by atoms with E-state index in [2.05, 4.69) is 10.6 Å². The van der Waals surface area contributed by atoms with Crippen molar-refractivity contribution < 1.29 is 23.9 Å². The average molecular weight is 428 g/mol. The van der Waals surface area contributed by atoms with Crippen molar-refractivity contribution in [3.8, 4) is 6.07 Å². The Labute approximate surface area is 181 Å². The number of likely N-dealkylation sites (tertiary alicyclic amines) is 1. The molecule has 2 amide bonds. The van der Waals surface area contributed by atoms with Gasteiger partial charge in [0, 0.05) is 18.2 Å². The fourth-order valence-electron chi connectivity index (χ4n) is 3.53. The zero-order valence-corrected chi connectivity index (χ0v) is 18.0. The minimum atomic E-state index is -0.825. The second-order valence-electron chi connectivity index (χ2n) is 7.45. The van der Waals surface area contributed by atoms with Crippen LogP contribution in [0, 0.1) is 11.3 Å². The Bertz CT molecular complexity index is 862. The lowest BCUT2D eigenvalue weighted by molar-refractivity contribution is -0.144. The highest BCUT2D eigenvalue weighted by molar-refractivity contribution is 5.98. The smallest absolute Gasteiger partial charge is 0.319 e. The first-order valence-electron chi connectivity index (χ1n) is 10.3. The number of hydrogen-bond donors (Lipinski definition) is 2. The Hall–Kier alpha value is -3.25. The zero-order valence-electron chi connectivity index (χ0n) is 18.0. The van der Waals surface area contributed by atoms with Crippen LogP contribution < -0.4 is 10.6 Å². The largest absolute Gasteiger partial charge is 0.465 e. The third-order valence-electron chi connectivity index (χ3n) is 5.19. The van der Waals surface area contributed by atoms with Crippen molar-refractivity contribution in [1.82, 2.24) is 15.5 Å². The number of benzene rings is 1. The van der Waals surface area contributed by atoms with Gasteiger partial charge in [0.2, 0.25) is 5.91 Å². The monoisotopic (exact) mass is 428 g/mol. The Morgan fingerprint density at radius 3 is 2.52 bits per heavy atom. The van der Waals surface area contributed by atoms with Gasteiger partial charge < -0.3 is 20.3 Å². The number of amides is 2. The number of nitrogens with zero attached hydrogens (tertiary/aromatic N) is 2. The van der Waals surface area contributed by atoms with E-state index in [1.807, 2.05) is 6.07 Å². The van der Waals surface area contributed by atoms with Crippen LogP contribution in [-0.2, 0) is 19.1 Å². The van der Waals surface area contributed by atoms with E-state index in [0.717, 1.165) is 0 Å². The summed E-state index contributed by atoms with van der Waals surface area (Å²) < 4.78 is 4.90. The van der Waals surface area contributed by atoms with Crippen molar-refractivity contribution in [2.45, 2.75) is 51.7 Å². The Morgan fingerprint density at radius 2 is 1.94 bits per heavy atom. The van der Waals surface area contributed by atoms with Gasteiger partial charge in [-0.25, -0.2) is 0 Å². The van der Waals surface area contributed by atoms with Gasteiger partial charge in [-0.05, 0) is 57.9 Å². The highest BCUT2D eigenvalue weighted by Crippen LogP contribution is 2.20. The Kier molecular flexibility index (Phi) is 8.70. The van der Waals surface area contributed by atoms with Crippen LogP contribution in [0.25, 0.3) is 0 Å². The van der Waals surface area contributed by atoms with Crippen molar-refractivity contribution >= 4 is 23.6 Å². The summed E-state index contributed by atoms with van der Waals surface area (Å²) in [6, 6.07) is 6.53. The molecule has 0 radical (unpaired) electrons. The van der Waals surface area contributed by atoms with E-state index in [1.165, 1.54) is 36.1 Å². The first kappa shape index (κ1) is 24.0. The van der Waals surface area contributed by atoms with Crippen molar-refractivity contribution in [3.05, 3.63) is 35.4 Å². The summed E-state index contributed by atoms with van der Waals surface area (Å²) in [5, 5.41) is 14.6. The van der Waals surface area contributed by atoms with E-state index in [0.29, 0.717) is 37.1 Å². The fourth-order valence-corrected chi connectivity index (χ4v) is 3.53. The lowest BCUT2D eigenvalue weighted by Crippen LogP contribution is -2.58. The maximum Gasteiger partial charge on any atom is 0.319 e. The molecular formula is C22H28N4O5. The molecule has 1 aliphatic heterocycles. The van der Waals surface area contributed by atoms with Gasteiger partial charge in [0.25, 0.3) is 5.91 Å². The molecule has 1 saturated heterocycles. The molecule has 166 valence electrons. The second-order valence-corrected chi connectivity index (χ2v) is 7.45. The van der Waals surface area contributed by atoms with Crippen molar-refractivity contribution in [3.63, 3.8) is 0 Å². The molecule has 0 saturated carbocycles. The summed E-state index contributed by atoms with van der Waals surface area (Å²) in [4.78, 5) is 50.6. The third kappa shape index (κ3) is 6.62. The molecule has 9 heteroatoms. The molecule has 2 N–H and O–H groups in total. The molecule has 9 nitrogen and oxygen atoms in total. The number of nitrogens with one attached hydrogen (secondary N) is 2. The quantitative estimate of drug-likeness (QED) is 0.586. The van der Waals surface area contributed by atoms with Gasteiger partial charge in [-0.15, -0.1) is 0 Å². The van der Waals surface area contributed by atoms with Crippen LogP contribution in [0.5, 0.6) is 0 Å². The van der Waals surface area contributed by atoms with E-state index < -0.39 is 18.0 Å². The summed E-state index contributed by atoms with van der Waals surface area (Å²) in [6.07, 6.45) is 0.960. The van der Waals surface area contributed by atoms with Crippen LogP contribution in [0.2, 0.25) is 0 Å². The predicted octanol–water partition coefficient (Wildman–Crippen LogP) is 0.778. The average Bonchev–Trinajstić information content (AvgIpc) is 2.77. The maximum absolute atomic E-state index is 13.0. The van der Waals surface area contributed by atoms with Gasteiger partial charge in [-0.1, -0.05) is 0 Å². The molecule has 1 fully saturated rings. The van der Waals surface area contributed by atoms with E-state index in [9.17, 15) is 19.2 Å². The van der Waals surface area contributed by atoms with Gasteiger partial charge in [-0.2, -0.15) is 5.26 Å². The predicted molar refractivity (Wildman–Crippen MR) is 112 cm³/mol. The molecule has 3 atom stereocenters. The lowest BCUT2D eigenvalue weighted by atomic mass is 9.94. The van der Waals surface area contributed by atoms with E-state index in [1.54, 1.807) is 13.8 Å². The highest BCUT2D eigenvalue weighted by atomic mass is 16.5. The normalized spacial score (nSPS) is 19.1. The van der Waals surface area contributed by atoms with Crippen LogP contribution >= 0.6 is 0 Å². The van der Waals surface area contributed by atoms with Crippen LogP contribution in [0.4, 0.5) is 0 Å². The van der Waals surface area contributed by atoms with Gasteiger partial charge in [0.15, 0.2) is 5.78 Å². The standard InChI is InChI=1S/C22H28N4O5/c1-4-31-20(28)13-24-18-9-10-26(19(11-18)15(3)27)22(30)14(2)25-21(29)17-7-5-16(12-23)6-8-17/h5-8,14,18-19,24H,4,9-11,13H2,1-3H3,(H,25,29)/t14?,18?,19-/m0/s1. The van der Waals surface area contributed by atoms with Crippen molar-refractivity contribution in [2.75, 3.05) is 19.7 Å². The zero-order chi connectivity index (χ0) is 23.0. The number of hydrogen-bond acceptors (Lipinski definition) is 7. The molecule has 1 aromatic carbocycles. The van der Waals surface area contributed by atoms with E-state index in [4.69, 9.17) is 10.00 Å². The minimum Gasteiger partial charge on any atom is -0.465 e. The highest BCUT2D eigenvalue weighted by Gasteiger charge is 2.36. The van der Waals surface area contributed by atoms with E-state index >= 15 is 0 Å². The number of ketones is 1. The van der Waals surface area contributed by atoms with E-state index in [-0.39, 0.29) is 30.2 Å². The molecule has 0 aromatic heterocycles. The summed E-state index contributed by atoms with van der Waals surface area (Å²) >= 11 is 0. The summed E-state index contributed by atoms with van der Waals surface area (Å²) in [5.41, 5.74) is 0.771. The second kappa shape index (κ2) is 11.2. The Balaban J connectivity index is 1.97. The number of ether oxygens (including phenoxy) is 1. The molecule has 0 aliphatic carbocycles. The van der Waals surface area contributed by atoms with Gasteiger partial charge in [-0.3, -0.25) is 19.2 Å². The molecule has 31 heavy (non-hydrogen) atoms. The number of piperidine rings is 1. The van der Waals surface area contributed by atoms with Crippen LogP contribution in [0.15, 0.2) is 24.3 Å². The molecule has 1 heterocycles. The molecule has 2 unspecified atom stereocenters. The minimum absolute atomic E-state index is 0.0497. The molecule has 1 aromatic rings. The molecule has 0 bridgehead atoms. The first-order chi connectivity index (χ1) is 14.8. The fraction of sp³-hybridized carbons (Fsp3) is 0.500. The lowest BCUT2D eigenvalue weighted by Gasteiger charge is -2.39. The Morgan fingerprint density at radius 1 is 1.26 bits per heavy atom. The summed E-state index contributed by atoms with van der Waals surface area (Å²) in [6.45, 7) is 5.42. The molecule has 2 rings (SSSR count). The van der Waals surface area contributed by atoms with Gasteiger partial charge in [0.05, 0.1) is 30.8 Å². The molecule has 1 aliphatic rings. The number of Topliss-reactive ketones (excluding diaryl/α,β-unsaturated/α-hetero) is 1. The summed E-state index contributed by atoms with van der Waals surface area (Å²) in [5.74, 6) is -1.29. The van der Waals surface area contributed by atoms with Crippen molar-refractivity contribution in [2.24, 2.45) is 0 Å². The van der Waals surface area contributed by atoms with Crippen LogP contribution in [0.3, 0.4) is 0 Å². The molecule has 0 spiro atoms. The summed E-state index contributed by atoms with van der Waals surface area (Å²) in [7, 11) is 0. The number of esters is 1. The van der Waals surface area contributed by atoms with Crippen LogP contribution in [0.1, 0.15) is 49.5 Å². The number of nitriles is 1.